The SMILES string of the molecule is CC=C(C)CNc1cnc2c(c1)c(NC(=O)C1CCC1)c(C(=O)OC)n2CCc1ccccn1. The summed E-state index contributed by atoms with van der Waals surface area (Å²) < 4.78 is 6.95. The summed E-state index contributed by atoms with van der Waals surface area (Å²) in [6, 6.07) is 7.69. The van der Waals surface area contributed by atoms with Gasteiger partial charge in [-0.25, -0.2) is 9.78 Å². The Morgan fingerprint density at radius 1 is 1.26 bits per heavy atom. The third kappa shape index (κ3) is 4.95. The zero-order valence-corrected chi connectivity index (χ0v) is 19.9. The summed E-state index contributed by atoms with van der Waals surface area (Å²) in [7, 11) is 1.35. The maximum atomic E-state index is 12.9. The van der Waals surface area contributed by atoms with Crippen molar-refractivity contribution >= 4 is 34.3 Å². The number of aromatic nitrogens is 3. The lowest BCUT2D eigenvalue weighted by Crippen LogP contribution is -2.29. The second-order valence-electron chi connectivity index (χ2n) is 8.64. The predicted octanol–water partition coefficient (Wildman–Crippen LogP) is 4.58. The fraction of sp³-hybridized carbons (Fsp3) is 0.385. The molecule has 0 aromatic carbocycles. The lowest BCUT2D eigenvalue weighted by molar-refractivity contribution is -0.122. The molecule has 3 aromatic rings. The minimum absolute atomic E-state index is 0.0241. The van der Waals surface area contributed by atoms with Gasteiger partial charge >= 0.3 is 5.97 Å². The number of anilines is 2. The number of rotatable bonds is 9. The highest BCUT2D eigenvalue weighted by Crippen LogP contribution is 2.35. The standard InChI is InChI=1S/C26H31N5O3/c1-4-17(2)15-28-20-14-21-22(30-25(32)18-8-7-9-18)23(26(33)34-3)31(24(21)29-16-20)13-11-19-10-5-6-12-27-19/h4-6,10,12,14,16,18,28H,7-9,11,13,15H2,1-3H3,(H,30,32). The summed E-state index contributed by atoms with van der Waals surface area (Å²) in [5, 5.41) is 7.11. The number of hydrogen-bond donors (Lipinski definition) is 2. The number of pyridine rings is 2. The number of fused-ring (bicyclic) bond motifs is 1. The molecule has 0 aliphatic heterocycles. The van der Waals surface area contributed by atoms with Crippen LogP contribution in [0.5, 0.6) is 0 Å². The molecule has 4 rings (SSSR count). The number of nitrogens with one attached hydrogen (secondary N) is 2. The highest BCUT2D eigenvalue weighted by molar-refractivity contribution is 6.11. The summed E-state index contributed by atoms with van der Waals surface area (Å²) in [6.45, 7) is 5.19. The van der Waals surface area contributed by atoms with Gasteiger partial charge in [-0.05, 0) is 44.9 Å². The molecular weight excluding hydrogens is 430 g/mol. The first-order chi connectivity index (χ1) is 16.5. The van der Waals surface area contributed by atoms with Gasteiger partial charge in [0.1, 0.15) is 5.65 Å². The van der Waals surface area contributed by atoms with Crippen molar-refractivity contribution in [1.82, 2.24) is 14.5 Å². The number of carbonyl (C=O) groups is 2. The molecule has 0 atom stereocenters. The number of methoxy groups -OCH3 is 1. The van der Waals surface area contributed by atoms with Crippen LogP contribution in [-0.4, -0.2) is 40.1 Å². The van der Waals surface area contributed by atoms with Crippen molar-refractivity contribution in [2.45, 2.75) is 46.1 Å². The molecule has 1 aliphatic carbocycles. The van der Waals surface area contributed by atoms with Crippen molar-refractivity contribution in [1.29, 1.82) is 0 Å². The van der Waals surface area contributed by atoms with Crippen molar-refractivity contribution < 1.29 is 14.3 Å². The highest BCUT2D eigenvalue weighted by atomic mass is 16.5. The molecule has 0 radical (unpaired) electrons. The molecule has 3 aromatic heterocycles. The van der Waals surface area contributed by atoms with Crippen molar-refractivity contribution in [3.05, 3.63) is 59.7 Å². The Balaban J connectivity index is 1.78. The first kappa shape index (κ1) is 23.5. The average Bonchev–Trinajstić information content (AvgIpc) is 3.12. The molecule has 1 saturated carbocycles. The number of amides is 1. The van der Waals surface area contributed by atoms with E-state index in [-0.39, 0.29) is 11.8 Å². The Bertz CT molecular complexity index is 1210. The van der Waals surface area contributed by atoms with Crippen LogP contribution < -0.4 is 10.6 Å². The summed E-state index contributed by atoms with van der Waals surface area (Å²) in [6.07, 6.45) is 8.93. The first-order valence-electron chi connectivity index (χ1n) is 11.7. The van der Waals surface area contributed by atoms with Crippen LogP contribution in [0.3, 0.4) is 0 Å². The predicted molar refractivity (Wildman–Crippen MR) is 133 cm³/mol. The van der Waals surface area contributed by atoms with Gasteiger partial charge in [-0.2, -0.15) is 0 Å². The van der Waals surface area contributed by atoms with Gasteiger partial charge in [0.05, 0.1) is 24.7 Å². The van der Waals surface area contributed by atoms with Crippen molar-refractivity contribution in [3.63, 3.8) is 0 Å². The zero-order valence-electron chi connectivity index (χ0n) is 19.9. The molecule has 1 aliphatic rings. The molecule has 178 valence electrons. The summed E-state index contributed by atoms with van der Waals surface area (Å²) >= 11 is 0. The average molecular weight is 462 g/mol. The van der Waals surface area contributed by atoms with E-state index in [0.717, 1.165) is 30.6 Å². The van der Waals surface area contributed by atoms with Crippen LogP contribution in [0.25, 0.3) is 11.0 Å². The smallest absolute Gasteiger partial charge is 0.356 e. The van der Waals surface area contributed by atoms with E-state index in [4.69, 9.17) is 4.74 Å². The van der Waals surface area contributed by atoms with E-state index in [0.29, 0.717) is 41.9 Å². The number of allylic oxidation sites excluding steroid dienone is 1. The monoisotopic (exact) mass is 461 g/mol. The van der Waals surface area contributed by atoms with Crippen LogP contribution >= 0.6 is 0 Å². The number of ether oxygens (including phenoxy) is 1. The first-order valence-corrected chi connectivity index (χ1v) is 11.7. The van der Waals surface area contributed by atoms with Crippen molar-refractivity contribution in [2.75, 3.05) is 24.3 Å². The minimum atomic E-state index is -0.512. The van der Waals surface area contributed by atoms with Gasteiger partial charge in [0.2, 0.25) is 5.91 Å². The van der Waals surface area contributed by atoms with Gasteiger partial charge in [0.15, 0.2) is 5.69 Å². The fourth-order valence-corrected chi connectivity index (χ4v) is 3.99. The summed E-state index contributed by atoms with van der Waals surface area (Å²) in [4.78, 5) is 34.9. The third-order valence-corrected chi connectivity index (χ3v) is 6.38. The number of hydrogen-bond acceptors (Lipinski definition) is 6. The van der Waals surface area contributed by atoms with E-state index in [9.17, 15) is 9.59 Å². The number of esters is 1. The van der Waals surface area contributed by atoms with Crippen LogP contribution in [0, 0.1) is 5.92 Å². The van der Waals surface area contributed by atoms with Gasteiger partial charge in [0, 0.05) is 42.7 Å². The largest absolute Gasteiger partial charge is 0.464 e. The maximum Gasteiger partial charge on any atom is 0.356 e. The molecule has 1 amide bonds. The van der Waals surface area contributed by atoms with Crippen LogP contribution in [0.4, 0.5) is 11.4 Å². The van der Waals surface area contributed by atoms with Gasteiger partial charge in [-0.3, -0.25) is 9.78 Å². The van der Waals surface area contributed by atoms with E-state index in [2.05, 4.69) is 20.6 Å². The van der Waals surface area contributed by atoms with Crippen LogP contribution in [0.2, 0.25) is 0 Å². The second-order valence-corrected chi connectivity index (χ2v) is 8.64. The fourth-order valence-electron chi connectivity index (χ4n) is 3.99. The Kier molecular flexibility index (Phi) is 7.25. The normalized spacial score (nSPS) is 14.0. The van der Waals surface area contributed by atoms with Gasteiger partial charge < -0.3 is 19.9 Å². The van der Waals surface area contributed by atoms with E-state index in [1.807, 2.05) is 48.8 Å². The van der Waals surface area contributed by atoms with Crippen molar-refractivity contribution in [3.8, 4) is 0 Å². The molecule has 1 fully saturated rings. The third-order valence-electron chi connectivity index (χ3n) is 6.38. The van der Waals surface area contributed by atoms with E-state index in [1.54, 1.807) is 12.4 Å². The minimum Gasteiger partial charge on any atom is -0.464 e. The molecule has 8 nitrogen and oxygen atoms in total. The zero-order chi connectivity index (χ0) is 24.1. The Hall–Kier alpha value is -3.68. The molecule has 0 bridgehead atoms. The Morgan fingerprint density at radius 3 is 2.74 bits per heavy atom. The number of nitrogens with zero attached hydrogens (tertiary/aromatic N) is 3. The molecule has 3 heterocycles. The van der Waals surface area contributed by atoms with E-state index >= 15 is 0 Å². The number of aryl methyl sites for hydroxylation is 2. The lowest BCUT2D eigenvalue weighted by Gasteiger charge is -2.24. The van der Waals surface area contributed by atoms with Crippen LogP contribution in [0.1, 0.15) is 49.3 Å². The molecule has 34 heavy (non-hydrogen) atoms. The quantitative estimate of drug-likeness (QED) is 0.358. The van der Waals surface area contributed by atoms with Crippen LogP contribution in [0.15, 0.2) is 48.3 Å². The van der Waals surface area contributed by atoms with Gasteiger partial charge in [-0.15, -0.1) is 0 Å². The molecule has 0 saturated heterocycles. The van der Waals surface area contributed by atoms with Gasteiger partial charge in [-0.1, -0.05) is 24.1 Å². The van der Waals surface area contributed by atoms with Gasteiger partial charge in [0.25, 0.3) is 0 Å². The van der Waals surface area contributed by atoms with Crippen LogP contribution in [-0.2, 0) is 22.5 Å². The van der Waals surface area contributed by atoms with Crippen molar-refractivity contribution in [2.24, 2.45) is 5.92 Å². The van der Waals surface area contributed by atoms with E-state index in [1.165, 1.54) is 12.7 Å². The summed E-state index contributed by atoms with van der Waals surface area (Å²) in [5.74, 6) is -0.602. The summed E-state index contributed by atoms with van der Waals surface area (Å²) in [5.41, 5.74) is 4.29. The lowest BCUT2D eigenvalue weighted by atomic mass is 9.85. The molecule has 0 unspecified atom stereocenters. The molecular formula is C26H31N5O3. The highest BCUT2D eigenvalue weighted by Gasteiger charge is 2.30. The Morgan fingerprint density at radius 2 is 2.09 bits per heavy atom. The topological polar surface area (TPSA) is 98.1 Å². The Labute approximate surface area is 199 Å². The molecule has 0 spiro atoms. The maximum absolute atomic E-state index is 12.9. The van der Waals surface area contributed by atoms with E-state index < -0.39 is 5.97 Å². The number of carbonyl (C=O) groups excluding carboxylic acids is 2. The second kappa shape index (κ2) is 10.5. The molecule has 8 heteroatoms. The molecule has 2 N–H and O–H groups in total.